The van der Waals surface area contributed by atoms with Gasteiger partial charge in [-0.2, -0.15) is 5.26 Å². The van der Waals surface area contributed by atoms with Crippen molar-refractivity contribution in [3.8, 4) is 17.2 Å². The van der Waals surface area contributed by atoms with Gasteiger partial charge in [0.2, 0.25) is 0 Å². The second kappa shape index (κ2) is 8.76. The molecule has 3 aromatic rings. The lowest BCUT2D eigenvalue weighted by molar-refractivity contribution is -0.0531. The maximum absolute atomic E-state index is 14.1. The van der Waals surface area contributed by atoms with Crippen LogP contribution in [0.4, 0.5) is 9.18 Å². The van der Waals surface area contributed by atoms with Crippen molar-refractivity contribution in [2.24, 2.45) is 0 Å². The minimum atomic E-state index is -1.16. The molecule has 36 heavy (non-hydrogen) atoms. The van der Waals surface area contributed by atoms with Crippen molar-refractivity contribution in [2.45, 2.75) is 55.7 Å². The van der Waals surface area contributed by atoms with Gasteiger partial charge in [-0.15, -0.1) is 0 Å². The second-order valence-electron chi connectivity index (χ2n) is 10.2. The van der Waals surface area contributed by atoms with E-state index in [0.29, 0.717) is 18.4 Å². The van der Waals surface area contributed by atoms with Crippen LogP contribution in [0.15, 0.2) is 66.7 Å². The minimum Gasteiger partial charge on any atom is -0.448 e. The number of halogens is 1. The molecule has 182 valence electrons. The summed E-state index contributed by atoms with van der Waals surface area (Å²) in [6, 6.07) is 22.7. The van der Waals surface area contributed by atoms with Gasteiger partial charge in [0.25, 0.3) is 0 Å². The summed E-state index contributed by atoms with van der Waals surface area (Å²) in [4.78, 5) is 15.1. The Labute approximate surface area is 209 Å². The lowest BCUT2D eigenvalue weighted by Gasteiger charge is -2.43. The van der Waals surface area contributed by atoms with Crippen LogP contribution in [0.5, 0.6) is 0 Å². The highest BCUT2D eigenvalue weighted by Gasteiger charge is 2.51. The number of aliphatic hydroxyl groups is 1. The van der Waals surface area contributed by atoms with Gasteiger partial charge >= 0.3 is 6.09 Å². The van der Waals surface area contributed by atoms with E-state index in [2.05, 4.69) is 24.3 Å². The topological polar surface area (TPSA) is 73.6 Å². The second-order valence-corrected chi connectivity index (χ2v) is 10.2. The van der Waals surface area contributed by atoms with Crippen LogP contribution in [0, 0.1) is 17.1 Å². The van der Waals surface area contributed by atoms with E-state index in [1.54, 1.807) is 17.0 Å². The first kappa shape index (κ1) is 22.8. The van der Waals surface area contributed by atoms with Crippen LogP contribution in [0.25, 0.3) is 11.1 Å². The van der Waals surface area contributed by atoms with E-state index in [0.717, 1.165) is 12.8 Å². The van der Waals surface area contributed by atoms with Gasteiger partial charge in [-0.25, -0.2) is 9.18 Å². The maximum Gasteiger partial charge on any atom is 0.410 e. The third-order valence-corrected chi connectivity index (χ3v) is 8.17. The minimum absolute atomic E-state index is 0.00139. The van der Waals surface area contributed by atoms with E-state index >= 15 is 0 Å². The lowest BCUT2D eigenvalue weighted by Crippen LogP contribution is -2.52. The van der Waals surface area contributed by atoms with Crippen molar-refractivity contribution >= 4 is 6.09 Å². The van der Waals surface area contributed by atoms with E-state index in [1.807, 2.05) is 30.3 Å². The van der Waals surface area contributed by atoms with Crippen LogP contribution in [0.2, 0.25) is 0 Å². The zero-order chi connectivity index (χ0) is 24.9. The van der Waals surface area contributed by atoms with Gasteiger partial charge in [-0.1, -0.05) is 54.6 Å². The number of carbonyl (C=O) groups is 1. The number of fused-ring (bicyclic) bond motifs is 5. The summed E-state index contributed by atoms with van der Waals surface area (Å²) in [5.74, 6) is -0.443. The molecule has 1 aliphatic carbocycles. The fourth-order valence-electron chi connectivity index (χ4n) is 6.51. The van der Waals surface area contributed by atoms with Gasteiger partial charge < -0.3 is 14.7 Å². The van der Waals surface area contributed by atoms with Gasteiger partial charge in [0.1, 0.15) is 12.4 Å². The molecular formula is C30H27FN2O3. The van der Waals surface area contributed by atoms with Gasteiger partial charge in [0.05, 0.1) is 18.1 Å². The van der Waals surface area contributed by atoms with Gasteiger partial charge in [-0.3, -0.25) is 0 Å². The number of nitriles is 1. The first-order chi connectivity index (χ1) is 17.5. The molecule has 0 aromatic heterocycles. The third-order valence-electron chi connectivity index (χ3n) is 8.17. The molecule has 2 atom stereocenters. The lowest BCUT2D eigenvalue weighted by atomic mass is 9.80. The largest absolute Gasteiger partial charge is 0.448 e. The maximum atomic E-state index is 14.1. The predicted octanol–water partition coefficient (Wildman–Crippen LogP) is 5.66. The molecule has 1 amide bonds. The number of amides is 1. The number of piperidine rings is 1. The Bertz CT molecular complexity index is 1320. The first-order valence-corrected chi connectivity index (χ1v) is 12.5. The van der Waals surface area contributed by atoms with Crippen LogP contribution in [0.3, 0.4) is 0 Å². The van der Waals surface area contributed by atoms with Crippen LogP contribution in [-0.4, -0.2) is 34.8 Å². The smallest absolute Gasteiger partial charge is 0.410 e. The summed E-state index contributed by atoms with van der Waals surface area (Å²) >= 11 is 0. The Morgan fingerprint density at radius 1 is 1.03 bits per heavy atom. The van der Waals surface area contributed by atoms with Crippen LogP contribution in [-0.2, 0) is 16.8 Å². The molecule has 6 heteroatoms. The normalized spacial score (nSPS) is 24.2. The third kappa shape index (κ3) is 3.66. The summed E-state index contributed by atoms with van der Waals surface area (Å²) in [6.07, 6.45) is 1.94. The van der Waals surface area contributed by atoms with E-state index < -0.39 is 11.4 Å². The Balaban J connectivity index is 1.18. The van der Waals surface area contributed by atoms with Crippen LogP contribution < -0.4 is 0 Å². The summed E-state index contributed by atoms with van der Waals surface area (Å²) < 4.78 is 20.0. The summed E-state index contributed by atoms with van der Waals surface area (Å²) in [5.41, 5.74) is 4.45. The van der Waals surface area contributed by atoms with Crippen molar-refractivity contribution in [3.05, 3.63) is 94.8 Å². The Morgan fingerprint density at radius 2 is 1.64 bits per heavy atom. The SMILES string of the molecule is N#CCc1cc(C2(O)CC3CCC(C2)N3C(=O)OCC2c3ccccc3-c3ccccc32)ccc1F. The molecule has 3 aromatic carbocycles. The molecule has 2 bridgehead atoms. The number of hydrogen-bond acceptors (Lipinski definition) is 4. The van der Waals surface area contributed by atoms with E-state index in [4.69, 9.17) is 10.00 Å². The number of carbonyl (C=O) groups excluding carboxylic acids is 1. The molecule has 2 heterocycles. The van der Waals surface area contributed by atoms with Crippen LogP contribution in [0.1, 0.15) is 53.9 Å². The molecule has 1 N–H and O–H groups in total. The Kier molecular flexibility index (Phi) is 5.54. The predicted molar refractivity (Wildman–Crippen MR) is 133 cm³/mol. The zero-order valence-electron chi connectivity index (χ0n) is 19.9. The average molecular weight is 483 g/mol. The highest BCUT2D eigenvalue weighted by Crippen LogP contribution is 2.47. The van der Waals surface area contributed by atoms with Gasteiger partial charge in [0.15, 0.2) is 0 Å². The van der Waals surface area contributed by atoms with E-state index in [1.165, 1.54) is 28.3 Å². The molecule has 0 radical (unpaired) electrons. The van der Waals surface area contributed by atoms with Gasteiger partial charge in [-0.05, 0) is 52.8 Å². The first-order valence-electron chi connectivity index (χ1n) is 12.5. The van der Waals surface area contributed by atoms with Crippen molar-refractivity contribution in [2.75, 3.05) is 6.61 Å². The number of benzene rings is 3. The quantitative estimate of drug-likeness (QED) is 0.521. The van der Waals surface area contributed by atoms with Gasteiger partial charge in [0, 0.05) is 36.4 Å². The van der Waals surface area contributed by atoms with Crippen molar-refractivity contribution in [1.29, 1.82) is 5.26 Å². The summed E-state index contributed by atoms with van der Waals surface area (Å²) in [6.45, 7) is 0.266. The Morgan fingerprint density at radius 3 is 2.25 bits per heavy atom. The highest BCUT2D eigenvalue weighted by molar-refractivity contribution is 5.79. The average Bonchev–Trinajstić information content (AvgIpc) is 3.36. The molecule has 6 rings (SSSR count). The molecule has 5 nitrogen and oxygen atoms in total. The molecule has 2 unspecified atom stereocenters. The standard InChI is InChI=1S/C30H27FN2O3/c31-28-12-9-20(15-19(28)13-14-32)30(35)16-21-10-11-22(17-30)33(21)29(34)36-18-27-25-7-3-1-5-23(25)24-6-2-4-8-26(24)27/h1-9,12,15,21-22,27,35H,10-11,13,16-18H2. The number of rotatable bonds is 4. The fourth-order valence-corrected chi connectivity index (χ4v) is 6.51. The zero-order valence-corrected chi connectivity index (χ0v) is 19.9. The molecule has 0 spiro atoms. The van der Waals surface area contributed by atoms with Crippen molar-refractivity contribution in [1.82, 2.24) is 4.90 Å². The van der Waals surface area contributed by atoms with E-state index in [9.17, 15) is 14.3 Å². The molecule has 3 aliphatic rings. The molecule has 2 saturated heterocycles. The number of nitrogens with zero attached hydrogens (tertiary/aromatic N) is 2. The molecular weight excluding hydrogens is 455 g/mol. The molecule has 2 fully saturated rings. The molecule has 2 aliphatic heterocycles. The highest BCUT2D eigenvalue weighted by atomic mass is 19.1. The Hall–Kier alpha value is -3.69. The fraction of sp³-hybridized carbons (Fsp3) is 0.333. The number of hydrogen-bond donors (Lipinski definition) is 1. The summed E-state index contributed by atoms with van der Waals surface area (Å²) in [5, 5.41) is 20.5. The van der Waals surface area contributed by atoms with Crippen LogP contribution >= 0.6 is 0 Å². The number of ether oxygens (including phenoxy) is 1. The van der Waals surface area contributed by atoms with E-state index in [-0.39, 0.29) is 42.7 Å². The van der Waals surface area contributed by atoms with Crippen molar-refractivity contribution in [3.63, 3.8) is 0 Å². The monoisotopic (exact) mass is 482 g/mol. The summed E-state index contributed by atoms with van der Waals surface area (Å²) in [7, 11) is 0. The van der Waals surface area contributed by atoms with Crippen molar-refractivity contribution < 1.29 is 19.0 Å². The molecule has 0 saturated carbocycles.